The number of hydrogen-bond donors (Lipinski definition) is 4. The molecule has 0 unspecified atom stereocenters. The van der Waals surface area contributed by atoms with Gasteiger partial charge < -0.3 is 20.8 Å². The van der Waals surface area contributed by atoms with Crippen LogP contribution in [0.15, 0.2) is 140 Å². The average molecular weight is 895 g/mol. The van der Waals surface area contributed by atoms with E-state index in [4.69, 9.17) is 10.2 Å². The van der Waals surface area contributed by atoms with Gasteiger partial charge in [0.05, 0.1) is 47.3 Å². The molecule has 65 heavy (non-hydrogen) atoms. The van der Waals surface area contributed by atoms with E-state index in [1.807, 2.05) is 90.3 Å². The van der Waals surface area contributed by atoms with E-state index in [1.54, 1.807) is 24.3 Å². The van der Waals surface area contributed by atoms with Crippen molar-refractivity contribution in [2.45, 2.75) is 67.8 Å². The molecule has 13 heteroatoms. The Morgan fingerprint density at radius 3 is 0.892 bits per heavy atom. The average Bonchev–Trinajstić information content (AvgIpc) is 3.31. The molecule has 6 aromatic carbocycles. The van der Waals surface area contributed by atoms with Crippen LogP contribution in [0.4, 0.5) is 34.1 Å². The second-order valence-corrected chi connectivity index (χ2v) is 16.3. The lowest BCUT2D eigenvalue weighted by Gasteiger charge is -2.06. The summed E-state index contributed by atoms with van der Waals surface area (Å²) in [5.41, 5.74) is 15.9. The summed E-state index contributed by atoms with van der Waals surface area (Å²) in [5, 5.41) is 50.4. The van der Waals surface area contributed by atoms with Crippen LogP contribution in [0.5, 0.6) is 0 Å². The van der Waals surface area contributed by atoms with Gasteiger partial charge in [-0.1, -0.05) is 72.8 Å². The number of azo groups is 3. The van der Waals surface area contributed by atoms with Crippen molar-refractivity contribution in [2.24, 2.45) is 30.7 Å². The predicted octanol–water partition coefficient (Wildman–Crippen LogP) is 13.1. The van der Waals surface area contributed by atoms with E-state index in [2.05, 4.69) is 105 Å². The third kappa shape index (κ3) is 17.7. The van der Waals surface area contributed by atoms with Gasteiger partial charge in [-0.2, -0.15) is 30.7 Å². The van der Waals surface area contributed by atoms with Crippen molar-refractivity contribution in [1.29, 1.82) is 0 Å². The van der Waals surface area contributed by atoms with E-state index in [0.717, 1.165) is 101 Å². The first-order valence-electron chi connectivity index (χ1n) is 21.2. The topological polar surface area (TPSA) is 173 Å². The molecule has 0 radical (unpaired) electrons. The van der Waals surface area contributed by atoms with Crippen molar-refractivity contribution < 1.29 is 19.8 Å². The summed E-state index contributed by atoms with van der Waals surface area (Å²) >= 11 is 0. The largest absolute Gasteiger partial charge is 0.392 e. The number of carbonyl (C=O) groups is 2. The van der Waals surface area contributed by atoms with Crippen molar-refractivity contribution in [2.75, 3.05) is 27.4 Å². The molecule has 0 fully saturated rings. The van der Waals surface area contributed by atoms with Gasteiger partial charge in [0.1, 0.15) is 12.6 Å². The predicted molar refractivity (Wildman–Crippen MR) is 268 cm³/mol. The molecule has 0 aliphatic rings. The maximum atomic E-state index is 10.8. The van der Waals surface area contributed by atoms with Crippen LogP contribution in [-0.4, -0.2) is 50.2 Å². The maximum absolute atomic E-state index is 10.8. The zero-order valence-electron chi connectivity index (χ0n) is 39.3. The lowest BCUT2D eigenvalue weighted by atomic mass is 10.1. The maximum Gasteiger partial charge on any atom is 0.150 e. The van der Waals surface area contributed by atoms with E-state index in [1.165, 1.54) is 11.1 Å². The highest BCUT2D eigenvalue weighted by molar-refractivity contribution is 7.35. The standard InChI is InChI=1S/C18H24N4.C16H18N2O2.C16H14N2O2.C2H7P/c1-13-5-7-15(11-19-3)9-17(13)21-22-18-10-16(12-20-4)8-6-14(18)2;2*1-11-3-5-13(9-19)7-15(11)17-18-16-8-14(10-20)6-4-12(16)2;1-3-2/h5-10,19-20H,11-12H2,1-4H3;3-8,19-20H,9-10H2,1-2H3;3-10H,1-2H3;3H,1-2H3. The van der Waals surface area contributed by atoms with Crippen LogP contribution in [0.3, 0.4) is 0 Å². The summed E-state index contributed by atoms with van der Waals surface area (Å²) in [7, 11) is 4.97. The molecule has 6 rings (SSSR count). The van der Waals surface area contributed by atoms with E-state index < -0.39 is 0 Å². The molecule has 340 valence electrons. The van der Waals surface area contributed by atoms with Gasteiger partial charge in [-0.3, -0.25) is 9.59 Å². The number of aldehydes is 2. The van der Waals surface area contributed by atoms with Crippen molar-refractivity contribution in [1.82, 2.24) is 10.6 Å². The molecule has 0 saturated carbocycles. The van der Waals surface area contributed by atoms with Crippen LogP contribution in [0.1, 0.15) is 76.4 Å². The summed E-state index contributed by atoms with van der Waals surface area (Å²) in [4.78, 5) is 21.5. The number of nitrogens with zero attached hydrogens (tertiary/aromatic N) is 6. The van der Waals surface area contributed by atoms with Crippen LogP contribution in [-0.2, 0) is 26.3 Å². The minimum absolute atomic E-state index is 0.0121. The van der Waals surface area contributed by atoms with Crippen LogP contribution >= 0.6 is 8.58 Å². The van der Waals surface area contributed by atoms with Gasteiger partial charge in [-0.05, 0) is 161 Å². The third-order valence-corrected chi connectivity index (χ3v) is 9.76. The third-order valence-electron chi connectivity index (χ3n) is 9.76. The SMILES string of the molecule is CNCc1ccc(C)c(N=Nc2cc(CNC)ccc2C)c1.CPC.Cc1ccc(C=O)cc1N=Nc1cc(C=O)ccc1C.Cc1ccc(CO)cc1N=Nc1cc(CO)ccc1C. The fourth-order valence-electron chi connectivity index (χ4n) is 5.81. The Labute approximate surface area is 386 Å². The van der Waals surface area contributed by atoms with Crippen molar-refractivity contribution in [3.63, 3.8) is 0 Å². The molecule has 0 saturated heterocycles. The molecule has 12 nitrogen and oxygen atoms in total. The molecule has 0 aliphatic heterocycles. The first-order chi connectivity index (χ1) is 31.3. The number of hydrogen-bond acceptors (Lipinski definition) is 12. The molecule has 6 aromatic rings. The van der Waals surface area contributed by atoms with Crippen LogP contribution in [0.25, 0.3) is 0 Å². The monoisotopic (exact) mass is 894 g/mol. The Hall–Kier alpha value is -6.27. The quantitative estimate of drug-likeness (QED) is 0.0481. The zero-order valence-corrected chi connectivity index (χ0v) is 40.3. The molecular weight excluding hydrogens is 832 g/mol. The molecule has 4 N–H and O–H groups in total. The summed E-state index contributed by atoms with van der Waals surface area (Å²) in [6.07, 6.45) is 1.55. The minimum Gasteiger partial charge on any atom is -0.392 e. The minimum atomic E-state index is -0.0121. The number of nitrogens with one attached hydrogen (secondary N) is 2. The van der Waals surface area contributed by atoms with Crippen molar-refractivity contribution in [3.05, 3.63) is 176 Å². The second-order valence-electron chi connectivity index (χ2n) is 15.3. The summed E-state index contributed by atoms with van der Waals surface area (Å²) in [5.74, 6) is 0. The van der Waals surface area contributed by atoms with E-state index in [-0.39, 0.29) is 13.2 Å². The molecule has 0 heterocycles. The second kappa shape index (κ2) is 28.5. The lowest BCUT2D eigenvalue weighted by molar-refractivity contribution is 0.111. The Balaban J connectivity index is 0.000000251. The molecule has 0 spiro atoms. The normalized spacial score (nSPS) is 10.8. The van der Waals surface area contributed by atoms with E-state index in [9.17, 15) is 9.59 Å². The van der Waals surface area contributed by atoms with Crippen molar-refractivity contribution >= 4 is 55.3 Å². The molecule has 0 bridgehead atoms. The zero-order chi connectivity index (χ0) is 47.7. The van der Waals surface area contributed by atoms with Gasteiger partial charge in [0.15, 0.2) is 0 Å². The Morgan fingerprint density at radius 2 is 0.646 bits per heavy atom. The van der Waals surface area contributed by atoms with E-state index >= 15 is 0 Å². The first-order valence-corrected chi connectivity index (χ1v) is 23.2. The van der Waals surface area contributed by atoms with Gasteiger partial charge in [-0.25, -0.2) is 0 Å². The molecule has 0 amide bonds. The number of aliphatic hydroxyl groups excluding tert-OH is 2. The molecule has 0 aromatic heterocycles. The fourth-order valence-corrected chi connectivity index (χ4v) is 5.81. The molecule has 0 aliphatic carbocycles. The Bertz CT molecular complexity index is 2400. The summed E-state index contributed by atoms with van der Waals surface area (Å²) < 4.78 is 0. The van der Waals surface area contributed by atoms with Gasteiger partial charge in [0.2, 0.25) is 0 Å². The number of aliphatic hydroxyl groups is 2. The Morgan fingerprint density at radius 1 is 0.415 bits per heavy atom. The van der Waals surface area contributed by atoms with Gasteiger partial charge in [-0.15, -0.1) is 8.58 Å². The summed E-state index contributed by atoms with van der Waals surface area (Å²) in [6.45, 7) is 17.8. The highest BCUT2D eigenvalue weighted by Crippen LogP contribution is 2.29. The molecular formula is C52H63N8O4P. The lowest BCUT2D eigenvalue weighted by Crippen LogP contribution is -2.04. The smallest absolute Gasteiger partial charge is 0.150 e. The van der Waals surface area contributed by atoms with Gasteiger partial charge in [0.25, 0.3) is 0 Å². The first kappa shape index (κ1) is 53.1. The van der Waals surface area contributed by atoms with Crippen molar-refractivity contribution in [3.8, 4) is 0 Å². The Kier molecular flexibility index (Phi) is 23.3. The number of benzene rings is 6. The van der Waals surface area contributed by atoms with Crippen LogP contribution in [0, 0.1) is 41.5 Å². The number of rotatable bonds is 14. The fraction of sp³-hybridized carbons (Fsp3) is 0.269. The highest BCUT2D eigenvalue weighted by atomic mass is 31.1. The number of aryl methyl sites for hydroxylation is 6. The molecule has 0 atom stereocenters. The summed E-state index contributed by atoms with van der Waals surface area (Å²) in [6, 6.07) is 34.3. The van der Waals surface area contributed by atoms with Gasteiger partial charge >= 0.3 is 0 Å². The van der Waals surface area contributed by atoms with Crippen LogP contribution in [0.2, 0.25) is 0 Å². The van der Waals surface area contributed by atoms with Gasteiger partial charge in [0, 0.05) is 24.2 Å². The number of carbonyl (C=O) groups excluding carboxylic acids is 2. The van der Waals surface area contributed by atoms with E-state index in [0.29, 0.717) is 22.5 Å². The van der Waals surface area contributed by atoms with Crippen LogP contribution < -0.4 is 10.6 Å². The highest BCUT2D eigenvalue weighted by Gasteiger charge is 2.05.